The zero-order valence-corrected chi connectivity index (χ0v) is 25.0. The van der Waals surface area contributed by atoms with E-state index in [0.717, 1.165) is 17.7 Å². The normalized spacial score (nSPS) is 20.8. The van der Waals surface area contributed by atoms with Crippen molar-refractivity contribution in [3.63, 3.8) is 0 Å². The first-order valence-corrected chi connectivity index (χ1v) is 15.2. The average molecular weight is 666 g/mol. The first-order valence-electron chi connectivity index (χ1n) is 15.2. The number of aromatic amines is 1. The van der Waals surface area contributed by atoms with Crippen molar-refractivity contribution in [2.45, 2.75) is 50.7 Å². The van der Waals surface area contributed by atoms with Gasteiger partial charge in [0.2, 0.25) is 5.91 Å². The minimum atomic E-state index is -3.46. The average Bonchev–Trinajstić information content (AvgIpc) is 3.43. The van der Waals surface area contributed by atoms with Crippen LogP contribution in [0.25, 0.3) is 22.2 Å². The minimum Gasteiger partial charge on any atom is -0.348 e. The number of alkyl halides is 4. The zero-order chi connectivity index (χ0) is 33.6. The minimum absolute atomic E-state index is 0.155. The Morgan fingerprint density at radius 1 is 1.08 bits per heavy atom. The highest BCUT2D eigenvalue weighted by atomic mass is 19.3. The highest BCUT2D eigenvalue weighted by Gasteiger charge is 2.71. The summed E-state index contributed by atoms with van der Waals surface area (Å²) >= 11 is 0. The number of nitrogens with one attached hydrogen (secondary N) is 3. The van der Waals surface area contributed by atoms with Gasteiger partial charge < -0.3 is 10.6 Å². The molecule has 9 nitrogen and oxygen atoms in total. The summed E-state index contributed by atoms with van der Waals surface area (Å²) in [5, 5.41) is 16.1. The van der Waals surface area contributed by atoms with Gasteiger partial charge in [0, 0.05) is 41.1 Å². The third-order valence-corrected chi connectivity index (χ3v) is 9.55. The molecule has 246 valence electrons. The summed E-state index contributed by atoms with van der Waals surface area (Å²) in [6.45, 7) is 1.05. The van der Waals surface area contributed by atoms with Gasteiger partial charge >= 0.3 is 0 Å². The smallest absolute Gasteiger partial charge is 0.293 e. The van der Waals surface area contributed by atoms with Gasteiger partial charge in [-0.05, 0) is 59.4 Å². The molecule has 2 amide bonds. The molecule has 4 atom stereocenters. The molecular formula is C33H25F6N7O2. The van der Waals surface area contributed by atoms with Gasteiger partial charge in [0.05, 0.1) is 23.4 Å². The third-order valence-electron chi connectivity index (χ3n) is 9.55. The van der Waals surface area contributed by atoms with Crippen LogP contribution in [0.3, 0.4) is 0 Å². The lowest BCUT2D eigenvalue weighted by Gasteiger charge is -2.23. The molecule has 0 bridgehead atoms. The van der Waals surface area contributed by atoms with E-state index < -0.39 is 71.6 Å². The van der Waals surface area contributed by atoms with Crippen LogP contribution >= 0.6 is 0 Å². The van der Waals surface area contributed by atoms with Crippen LogP contribution in [-0.2, 0) is 30.2 Å². The fraction of sp³-hybridized carbons (Fsp3) is 0.303. The quantitative estimate of drug-likeness (QED) is 0.180. The molecule has 0 saturated heterocycles. The fourth-order valence-electron chi connectivity index (χ4n) is 7.42. The maximum absolute atomic E-state index is 15.4. The molecule has 3 N–H and O–H groups in total. The molecule has 1 aliphatic heterocycles. The van der Waals surface area contributed by atoms with Gasteiger partial charge in [-0.25, -0.2) is 22.5 Å². The number of benzene rings is 2. The number of aromatic nitrogens is 5. The maximum Gasteiger partial charge on any atom is 0.293 e. The predicted octanol–water partition coefficient (Wildman–Crippen LogP) is 5.84. The highest BCUT2D eigenvalue weighted by molar-refractivity contribution is 5.99. The topological polar surface area (TPSA) is 118 Å². The molecule has 48 heavy (non-hydrogen) atoms. The number of pyridine rings is 1. The number of carbonyl (C=O) groups excluding carboxylic acids is 2. The highest BCUT2D eigenvalue weighted by Crippen LogP contribution is 2.71. The maximum atomic E-state index is 15.4. The van der Waals surface area contributed by atoms with Gasteiger partial charge in [-0.15, -0.1) is 0 Å². The van der Waals surface area contributed by atoms with Gasteiger partial charge in [-0.1, -0.05) is 13.0 Å². The number of nitrogens with zero attached hydrogens (tertiary/aromatic N) is 4. The van der Waals surface area contributed by atoms with E-state index in [1.807, 2.05) is 0 Å². The lowest BCUT2D eigenvalue weighted by molar-refractivity contribution is -0.123. The van der Waals surface area contributed by atoms with E-state index in [9.17, 15) is 27.2 Å². The Kier molecular flexibility index (Phi) is 6.69. The van der Waals surface area contributed by atoms with E-state index in [1.54, 1.807) is 31.2 Å². The lowest BCUT2D eigenvalue weighted by Crippen LogP contribution is -2.35. The second kappa shape index (κ2) is 10.7. The van der Waals surface area contributed by atoms with Gasteiger partial charge in [0.1, 0.15) is 35.1 Å². The summed E-state index contributed by atoms with van der Waals surface area (Å²) in [7, 11) is 0. The molecule has 8 rings (SSSR count). The zero-order valence-electron chi connectivity index (χ0n) is 25.0. The Balaban J connectivity index is 1.20. The SMILES string of the molecule is C[C@@H]1[C@@H]2c3c(C(F)F)nn(CC(=O)N[C@@H](Cc4cc(F)cc(F)c4)c4nc5cn[nH]c5cc4-c4ccc5c(c4)CNC5=O)c3C(F)(F)[C@H]12. The molecule has 2 aliphatic carbocycles. The van der Waals surface area contributed by atoms with Crippen LogP contribution in [0.4, 0.5) is 26.3 Å². The number of carbonyl (C=O) groups is 2. The number of hydrogen-bond donors (Lipinski definition) is 3. The van der Waals surface area contributed by atoms with Gasteiger partial charge in [-0.3, -0.25) is 19.4 Å². The Morgan fingerprint density at radius 2 is 1.85 bits per heavy atom. The molecule has 5 aromatic rings. The van der Waals surface area contributed by atoms with Crippen molar-refractivity contribution in [3.8, 4) is 11.1 Å². The van der Waals surface area contributed by atoms with Crippen molar-refractivity contribution in [3.05, 3.63) is 99.6 Å². The Labute approximate surface area is 267 Å². The van der Waals surface area contributed by atoms with Crippen molar-refractivity contribution in [1.29, 1.82) is 0 Å². The summed E-state index contributed by atoms with van der Waals surface area (Å²) in [6.07, 6.45) is -1.86. The number of fused-ring (bicyclic) bond motifs is 5. The van der Waals surface area contributed by atoms with Crippen molar-refractivity contribution in [1.82, 2.24) is 35.6 Å². The first-order chi connectivity index (χ1) is 22.9. The summed E-state index contributed by atoms with van der Waals surface area (Å²) in [6, 6.07) is 8.63. The van der Waals surface area contributed by atoms with Crippen LogP contribution in [0, 0.1) is 23.5 Å². The van der Waals surface area contributed by atoms with Gasteiger partial charge in [0.15, 0.2) is 0 Å². The van der Waals surface area contributed by atoms with E-state index >= 15 is 8.78 Å². The molecule has 15 heteroatoms. The van der Waals surface area contributed by atoms with Crippen LogP contribution in [-0.4, -0.2) is 36.8 Å². The van der Waals surface area contributed by atoms with Crippen LogP contribution in [0.15, 0.2) is 48.7 Å². The third kappa shape index (κ3) is 4.73. The van der Waals surface area contributed by atoms with Gasteiger partial charge in [-0.2, -0.15) is 19.0 Å². The van der Waals surface area contributed by atoms with E-state index in [-0.39, 0.29) is 29.1 Å². The molecule has 3 aromatic heterocycles. The molecular weight excluding hydrogens is 640 g/mol. The fourth-order valence-corrected chi connectivity index (χ4v) is 7.42. The second-order valence-corrected chi connectivity index (χ2v) is 12.5. The largest absolute Gasteiger partial charge is 0.348 e. The molecule has 2 aromatic carbocycles. The van der Waals surface area contributed by atoms with E-state index in [1.165, 1.54) is 6.20 Å². The van der Waals surface area contributed by atoms with Crippen LogP contribution in [0.2, 0.25) is 0 Å². The second-order valence-electron chi connectivity index (χ2n) is 12.5. The van der Waals surface area contributed by atoms with E-state index in [4.69, 9.17) is 4.98 Å². The molecule has 1 fully saturated rings. The number of rotatable bonds is 8. The molecule has 4 heterocycles. The summed E-state index contributed by atoms with van der Waals surface area (Å²) in [4.78, 5) is 30.6. The molecule has 0 unspecified atom stereocenters. The lowest BCUT2D eigenvalue weighted by atomic mass is 9.93. The number of H-pyrrole nitrogens is 1. The van der Waals surface area contributed by atoms with E-state index in [2.05, 4.69) is 25.9 Å². The summed E-state index contributed by atoms with van der Waals surface area (Å²) < 4.78 is 88.0. The first kappa shape index (κ1) is 30.1. The Morgan fingerprint density at radius 3 is 2.60 bits per heavy atom. The molecule has 3 aliphatic rings. The van der Waals surface area contributed by atoms with Crippen molar-refractivity contribution in [2.75, 3.05) is 0 Å². The van der Waals surface area contributed by atoms with E-state index in [0.29, 0.717) is 45.0 Å². The monoisotopic (exact) mass is 665 g/mol. The van der Waals surface area contributed by atoms with Crippen molar-refractivity contribution < 1.29 is 35.9 Å². The van der Waals surface area contributed by atoms with Gasteiger partial charge in [0.25, 0.3) is 18.3 Å². The van der Waals surface area contributed by atoms with Crippen LogP contribution in [0.1, 0.15) is 69.4 Å². The number of amides is 2. The molecule has 0 spiro atoms. The summed E-state index contributed by atoms with van der Waals surface area (Å²) in [5.41, 5.74) is 1.98. The Bertz CT molecular complexity index is 2140. The summed E-state index contributed by atoms with van der Waals surface area (Å²) in [5.74, 6) is -8.66. The Hall–Kier alpha value is -5.21. The van der Waals surface area contributed by atoms with Crippen molar-refractivity contribution in [2.24, 2.45) is 11.8 Å². The number of halogens is 6. The standard InChI is InChI=1S/C33H25F6N7O2/c1-13-25-26-29(31(36)37)45-46(30(26)33(38,39)27(13)25)12-24(47)42-22(6-14-4-17(34)8-18(35)5-14)28-20(9-21-23(43-28)11-41-44-21)15-2-3-19-16(7-15)10-40-32(19)48/h2-5,7-9,11,13,22,25,27,31H,6,10,12H2,1H3,(H,40,48)(H,41,44)(H,42,47)/t13-,22+,25-,27-/m1/s1. The molecule has 0 radical (unpaired) electrons. The van der Waals surface area contributed by atoms with Crippen LogP contribution in [0.5, 0.6) is 0 Å². The predicted molar refractivity (Wildman–Crippen MR) is 158 cm³/mol. The van der Waals surface area contributed by atoms with Crippen LogP contribution < -0.4 is 10.6 Å². The van der Waals surface area contributed by atoms with Crippen molar-refractivity contribution >= 4 is 22.8 Å². The number of hydrogen-bond acceptors (Lipinski definition) is 5. The molecule has 1 saturated carbocycles.